The summed E-state index contributed by atoms with van der Waals surface area (Å²) in [5, 5.41) is 0. The Morgan fingerprint density at radius 1 is 1.20 bits per heavy atom. The van der Waals surface area contributed by atoms with E-state index in [1.165, 1.54) is 0 Å². The zero-order valence-corrected chi connectivity index (χ0v) is 11.6. The highest BCUT2D eigenvalue weighted by Gasteiger charge is 2.14. The van der Waals surface area contributed by atoms with Crippen molar-refractivity contribution in [1.29, 1.82) is 0 Å². The van der Waals surface area contributed by atoms with Crippen molar-refractivity contribution in [3.8, 4) is 16.9 Å². The van der Waals surface area contributed by atoms with Gasteiger partial charge in [-0.25, -0.2) is 4.79 Å². The fourth-order valence-corrected chi connectivity index (χ4v) is 2.02. The lowest BCUT2D eigenvalue weighted by molar-refractivity contribution is 0.0527. The maximum atomic E-state index is 12.0. The van der Waals surface area contributed by atoms with Crippen molar-refractivity contribution in [2.75, 3.05) is 19.5 Å². The topological polar surface area (TPSA) is 61.5 Å². The van der Waals surface area contributed by atoms with Crippen LogP contribution in [0.15, 0.2) is 42.5 Å². The maximum Gasteiger partial charge on any atom is 0.338 e. The number of hydrogen-bond donors (Lipinski definition) is 1. The van der Waals surface area contributed by atoms with Gasteiger partial charge in [-0.05, 0) is 36.2 Å². The number of carbonyl (C=O) groups is 1. The van der Waals surface area contributed by atoms with Gasteiger partial charge in [0, 0.05) is 0 Å². The van der Waals surface area contributed by atoms with Gasteiger partial charge in [0.2, 0.25) is 0 Å². The van der Waals surface area contributed by atoms with Crippen LogP contribution in [0, 0.1) is 0 Å². The minimum Gasteiger partial charge on any atom is -0.495 e. The Bertz CT molecular complexity index is 623. The first-order valence-corrected chi connectivity index (χ1v) is 6.37. The van der Waals surface area contributed by atoms with Crippen LogP contribution in [0.3, 0.4) is 0 Å². The third-order valence-electron chi connectivity index (χ3n) is 2.96. The van der Waals surface area contributed by atoms with Gasteiger partial charge in [-0.2, -0.15) is 0 Å². The van der Waals surface area contributed by atoms with Crippen LogP contribution < -0.4 is 10.5 Å². The molecule has 0 saturated heterocycles. The molecule has 2 aromatic carbocycles. The number of anilines is 1. The number of hydrogen-bond acceptors (Lipinski definition) is 4. The second-order valence-corrected chi connectivity index (χ2v) is 4.22. The van der Waals surface area contributed by atoms with Crippen LogP contribution in [0.5, 0.6) is 5.75 Å². The van der Waals surface area contributed by atoms with Crippen molar-refractivity contribution in [3.05, 3.63) is 48.0 Å². The average Bonchev–Trinajstić information content (AvgIpc) is 2.47. The average molecular weight is 271 g/mol. The molecule has 4 heteroatoms. The molecule has 0 saturated carbocycles. The van der Waals surface area contributed by atoms with Crippen LogP contribution >= 0.6 is 0 Å². The number of ether oxygens (including phenoxy) is 2. The number of methoxy groups -OCH3 is 1. The largest absolute Gasteiger partial charge is 0.495 e. The van der Waals surface area contributed by atoms with Gasteiger partial charge < -0.3 is 15.2 Å². The third kappa shape index (κ3) is 2.74. The van der Waals surface area contributed by atoms with Crippen LogP contribution in [0.4, 0.5) is 5.69 Å². The number of benzene rings is 2. The summed E-state index contributed by atoms with van der Waals surface area (Å²) in [4.78, 5) is 12.0. The molecule has 0 aliphatic carbocycles. The van der Waals surface area contributed by atoms with E-state index in [0.29, 0.717) is 23.6 Å². The lowest BCUT2D eigenvalue weighted by Gasteiger charge is -2.11. The molecule has 0 spiro atoms. The molecule has 0 aliphatic heterocycles. The molecule has 0 aromatic heterocycles. The normalized spacial score (nSPS) is 10.1. The molecule has 0 amide bonds. The second kappa shape index (κ2) is 6.10. The van der Waals surface area contributed by atoms with Crippen LogP contribution in [0.1, 0.15) is 17.3 Å². The molecule has 4 nitrogen and oxygen atoms in total. The van der Waals surface area contributed by atoms with Gasteiger partial charge in [0.25, 0.3) is 0 Å². The van der Waals surface area contributed by atoms with Gasteiger partial charge in [0.15, 0.2) is 0 Å². The van der Waals surface area contributed by atoms with Crippen LogP contribution in [0.25, 0.3) is 11.1 Å². The minimum absolute atomic E-state index is 0.336. The summed E-state index contributed by atoms with van der Waals surface area (Å²) in [5.74, 6) is 0.278. The molecule has 0 heterocycles. The molecule has 2 rings (SSSR count). The smallest absolute Gasteiger partial charge is 0.338 e. The lowest BCUT2D eigenvalue weighted by atomic mass is 9.99. The van der Waals surface area contributed by atoms with Crippen molar-refractivity contribution in [1.82, 2.24) is 0 Å². The van der Waals surface area contributed by atoms with E-state index in [1.54, 1.807) is 32.2 Å². The Morgan fingerprint density at radius 2 is 1.95 bits per heavy atom. The number of nitrogen functional groups attached to an aromatic ring is 1. The Morgan fingerprint density at radius 3 is 2.60 bits per heavy atom. The van der Waals surface area contributed by atoms with E-state index in [1.807, 2.05) is 24.3 Å². The van der Waals surface area contributed by atoms with Gasteiger partial charge >= 0.3 is 5.97 Å². The highest BCUT2D eigenvalue weighted by Crippen LogP contribution is 2.30. The fraction of sp³-hybridized carbons (Fsp3) is 0.188. The molecule has 0 bridgehead atoms. The van der Waals surface area contributed by atoms with Crippen LogP contribution in [0.2, 0.25) is 0 Å². The Hall–Kier alpha value is -2.49. The molecule has 0 fully saturated rings. The standard InChI is InChI=1S/C16H17NO3/c1-3-20-16(18)13-7-5-4-6-12(13)11-8-9-15(19-2)14(17)10-11/h4-10H,3,17H2,1-2H3. The summed E-state index contributed by atoms with van der Waals surface area (Å²) >= 11 is 0. The summed E-state index contributed by atoms with van der Waals surface area (Å²) in [6.07, 6.45) is 0. The first kappa shape index (κ1) is 13.9. The van der Waals surface area contributed by atoms with Crippen molar-refractivity contribution < 1.29 is 14.3 Å². The Balaban J connectivity index is 2.47. The van der Waals surface area contributed by atoms with Crippen molar-refractivity contribution in [2.45, 2.75) is 6.92 Å². The van der Waals surface area contributed by atoms with E-state index in [0.717, 1.165) is 11.1 Å². The van der Waals surface area contributed by atoms with Gasteiger partial charge in [-0.3, -0.25) is 0 Å². The molecule has 20 heavy (non-hydrogen) atoms. The third-order valence-corrected chi connectivity index (χ3v) is 2.96. The van der Waals surface area contributed by atoms with E-state index < -0.39 is 0 Å². The SMILES string of the molecule is CCOC(=O)c1ccccc1-c1ccc(OC)c(N)c1. The number of esters is 1. The first-order valence-electron chi connectivity index (χ1n) is 6.37. The van der Waals surface area contributed by atoms with Gasteiger partial charge in [-0.1, -0.05) is 24.3 Å². The molecule has 0 atom stereocenters. The molecule has 0 unspecified atom stereocenters. The Kier molecular flexibility index (Phi) is 4.25. The molecule has 0 aliphatic rings. The molecule has 2 aromatic rings. The van der Waals surface area contributed by atoms with E-state index in [4.69, 9.17) is 15.2 Å². The number of carbonyl (C=O) groups excluding carboxylic acids is 1. The summed E-state index contributed by atoms with van der Waals surface area (Å²) in [7, 11) is 1.57. The highest BCUT2D eigenvalue weighted by atomic mass is 16.5. The van der Waals surface area contributed by atoms with Gasteiger partial charge in [0.1, 0.15) is 5.75 Å². The summed E-state index contributed by atoms with van der Waals surface area (Å²) in [6, 6.07) is 12.7. The fourth-order valence-electron chi connectivity index (χ4n) is 2.02. The van der Waals surface area contributed by atoms with E-state index in [9.17, 15) is 4.79 Å². The monoisotopic (exact) mass is 271 g/mol. The van der Waals surface area contributed by atoms with E-state index >= 15 is 0 Å². The van der Waals surface area contributed by atoms with Crippen molar-refractivity contribution in [3.63, 3.8) is 0 Å². The maximum absolute atomic E-state index is 12.0. The summed E-state index contributed by atoms with van der Waals surface area (Å²) in [6.45, 7) is 2.13. The van der Waals surface area contributed by atoms with Crippen molar-refractivity contribution >= 4 is 11.7 Å². The number of nitrogens with two attached hydrogens (primary N) is 1. The molecule has 2 N–H and O–H groups in total. The second-order valence-electron chi connectivity index (χ2n) is 4.22. The van der Waals surface area contributed by atoms with Crippen LogP contribution in [-0.4, -0.2) is 19.7 Å². The molecule has 0 radical (unpaired) electrons. The predicted molar refractivity (Wildman–Crippen MR) is 78.8 cm³/mol. The zero-order chi connectivity index (χ0) is 14.5. The molecular formula is C16H17NO3. The van der Waals surface area contributed by atoms with E-state index in [2.05, 4.69) is 0 Å². The number of rotatable bonds is 4. The van der Waals surface area contributed by atoms with Crippen LogP contribution in [-0.2, 0) is 4.74 Å². The molecular weight excluding hydrogens is 254 g/mol. The first-order chi connectivity index (χ1) is 9.67. The van der Waals surface area contributed by atoms with Gasteiger partial charge in [-0.15, -0.1) is 0 Å². The van der Waals surface area contributed by atoms with Gasteiger partial charge in [0.05, 0.1) is 25.0 Å². The Labute approximate surface area is 118 Å². The predicted octanol–water partition coefficient (Wildman–Crippen LogP) is 3.12. The molecule has 104 valence electrons. The summed E-state index contributed by atoms with van der Waals surface area (Å²) < 4.78 is 10.2. The highest BCUT2D eigenvalue weighted by molar-refractivity contribution is 5.97. The van der Waals surface area contributed by atoms with Crippen molar-refractivity contribution in [2.24, 2.45) is 0 Å². The minimum atomic E-state index is -0.336. The summed E-state index contributed by atoms with van der Waals surface area (Å²) in [5.41, 5.74) is 8.62. The zero-order valence-electron chi connectivity index (χ0n) is 11.6. The lowest BCUT2D eigenvalue weighted by Crippen LogP contribution is -2.06. The quantitative estimate of drug-likeness (QED) is 0.685. The van der Waals surface area contributed by atoms with E-state index in [-0.39, 0.29) is 5.97 Å².